The number of morpholine rings is 1. The molecular weight excluding hydrogens is 370 g/mol. The lowest BCUT2D eigenvalue weighted by Gasteiger charge is -2.27. The highest BCUT2D eigenvalue weighted by atomic mass is 16.5. The van der Waals surface area contributed by atoms with Gasteiger partial charge in [0.2, 0.25) is 5.82 Å². The molecule has 0 spiro atoms. The van der Waals surface area contributed by atoms with Gasteiger partial charge in [0.05, 0.1) is 13.2 Å². The van der Waals surface area contributed by atoms with Crippen LogP contribution < -0.4 is 10.2 Å². The molecule has 1 amide bonds. The number of hydrogen-bond donors (Lipinski definition) is 1. The van der Waals surface area contributed by atoms with E-state index in [1.807, 2.05) is 25.1 Å². The van der Waals surface area contributed by atoms with Crippen LogP contribution in [0.15, 0.2) is 41.1 Å². The molecule has 3 heterocycles. The number of aryl methyl sites for hydroxylation is 2. The summed E-state index contributed by atoms with van der Waals surface area (Å²) in [7, 11) is 0. The topological polar surface area (TPSA) is 93.4 Å². The van der Waals surface area contributed by atoms with Gasteiger partial charge in [-0.2, -0.15) is 4.98 Å². The summed E-state index contributed by atoms with van der Waals surface area (Å²) in [6, 6.07) is 9.78. The zero-order chi connectivity index (χ0) is 20.2. The van der Waals surface area contributed by atoms with Crippen molar-refractivity contribution in [2.24, 2.45) is 0 Å². The third-order valence-electron chi connectivity index (χ3n) is 4.98. The first kappa shape index (κ1) is 19.1. The highest BCUT2D eigenvalue weighted by Gasteiger charge is 2.18. The second-order valence-electron chi connectivity index (χ2n) is 7.03. The van der Waals surface area contributed by atoms with E-state index in [0.29, 0.717) is 25.6 Å². The van der Waals surface area contributed by atoms with E-state index >= 15 is 0 Å². The van der Waals surface area contributed by atoms with Gasteiger partial charge in [-0.1, -0.05) is 23.4 Å². The van der Waals surface area contributed by atoms with Crippen LogP contribution in [0.1, 0.15) is 27.4 Å². The number of aromatic nitrogens is 3. The van der Waals surface area contributed by atoms with Crippen molar-refractivity contribution in [1.29, 1.82) is 0 Å². The minimum absolute atomic E-state index is 0.0615. The summed E-state index contributed by atoms with van der Waals surface area (Å²) in [6.45, 7) is 7.43. The molecule has 1 fully saturated rings. The lowest BCUT2D eigenvalue weighted by Crippen LogP contribution is -2.36. The Labute approximate surface area is 168 Å². The molecule has 0 saturated carbocycles. The molecule has 0 radical (unpaired) electrons. The number of nitrogens with zero attached hydrogens (tertiary/aromatic N) is 4. The van der Waals surface area contributed by atoms with E-state index in [9.17, 15) is 4.79 Å². The number of carbonyl (C=O) groups excluding carboxylic acids is 1. The zero-order valence-electron chi connectivity index (χ0n) is 16.5. The molecule has 8 heteroatoms. The van der Waals surface area contributed by atoms with Gasteiger partial charge in [0.25, 0.3) is 0 Å². The molecule has 1 N–H and O–H groups in total. The number of benzene rings is 1. The van der Waals surface area contributed by atoms with Gasteiger partial charge < -0.3 is 19.5 Å². The number of ether oxygens (including phenoxy) is 1. The minimum Gasteiger partial charge on any atom is -0.378 e. The van der Waals surface area contributed by atoms with Crippen LogP contribution in [0.3, 0.4) is 0 Å². The molecule has 8 nitrogen and oxygen atoms in total. The number of nitrogens with one attached hydrogen (secondary N) is 1. The third-order valence-corrected chi connectivity index (χ3v) is 4.98. The number of rotatable bonds is 5. The van der Waals surface area contributed by atoms with Crippen molar-refractivity contribution in [3.63, 3.8) is 0 Å². The Morgan fingerprint density at radius 3 is 2.76 bits per heavy atom. The van der Waals surface area contributed by atoms with Crippen LogP contribution in [0.2, 0.25) is 0 Å². The Morgan fingerprint density at radius 1 is 1.14 bits per heavy atom. The predicted molar refractivity (Wildman–Crippen MR) is 108 cm³/mol. The van der Waals surface area contributed by atoms with E-state index in [4.69, 9.17) is 9.26 Å². The Hall–Kier alpha value is -3.26. The maximum Gasteiger partial charge on any atom is 0.316 e. The predicted octanol–water partition coefficient (Wildman–Crippen LogP) is 2.52. The SMILES string of the molecule is Cc1ccc(CNC(=O)c2nc(-c3ccnc(N4CCOCC4)c3)no2)cc1C. The van der Waals surface area contributed by atoms with Crippen LogP contribution in [-0.2, 0) is 11.3 Å². The number of pyridine rings is 1. The first-order chi connectivity index (χ1) is 14.1. The molecule has 2 aromatic heterocycles. The van der Waals surface area contributed by atoms with Crippen LogP contribution in [0, 0.1) is 13.8 Å². The first-order valence-corrected chi connectivity index (χ1v) is 9.57. The molecule has 0 unspecified atom stereocenters. The van der Waals surface area contributed by atoms with Gasteiger partial charge in [0.15, 0.2) is 0 Å². The summed E-state index contributed by atoms with van der Waals surface area (Å²) in [5.74, 6) is 0.729. The van der Waals surface area contributed by atoms with E-state index in [1.54, 1.807) is 12.3 Å². The number of hydrogen-bond acceptors (Lipinski definition) is 7. The molecule has 1 aliphatic rings. The van der Waals surface area contributed by atoms with Gasteiger partial charge in [-0.3, -0.25) is 4.79 Å². The van der Waals surface area contributed by atoms with E-state index < -0.39 is 5.91 Å². The summed E-state index contributed by atoms with van der Waals surface area (Å²) in [5, 5.41) is 6.78. The summed E-state index contributed by atoms with van der Waals surface area (Å²) in [6.07, 6.45) is 1.70. The van der Waals surface area contributed by atoms with Crippen molar-refractivity contribution in [3.05, 3.63) is 59.1 Å². The second-order valence-corrected chi connectivity index (χ2v) is 7.03. The largest absolute Gasteiger partial charge is 0.378 e. The monoisotopic (exact) mass is 393 g/mol. The van der Waals surface area contributed by atoms with Gasteiger partial charge in [-0.05, 0) is 42.7 Å². The summed E-state index contributed by atoms with van der Waals surface area (Å²) >= 11 is 0. The molecule has 3 aromatic rings. The van der Waals surface area contributed by atoms with Gasteiger partial charge in [-0.15, -0.1) is 0 Å². The molecule has 1 aliphatic heterocycles. The molecule has 0 atom stereocenters. The quantitative estimate of drug-likeness (QED) is 0.712. The Balaban J connectivity index is 1.43. The van der Waals surface area contributed by atoms with Crippen LogP contribution in [-0.4, -0.2) is 47.3 Å². The van der Waals surface area contributed by atoms with E-state index in [0.717, 1.165) is 30.0 Å². The normalized spacial score (nSPS) is 14.1. The highest BCUT2D eigenvalue weighted by Crippen LogP contribution is 2.21. The van der Waals surface area contributed by atoms with Gasteiger partial charge >= 0.3 is 11.8 Å². The van der Waals surface area contributed by atoms with Crippen molar-refractivity contribution >= 4 is 11.7 Å². The molecule has 29 heavy (non-hydrogen) atoms. The third kappa shape index (κ3) is 4.43. The Bertz CT molecular complexity index is 1010. The van der Waals surface area contributed by atoms with Crippen LogP contribution >= 0.6 is 0 Å². The summed E-state index contributed by atoms with van der Waals surface area (Å²) in [4.78, 5) is 23.2. The first-order valence-electron chi connectivity index (χ1n) is 9.57. The maximum atomic E-state index is 12.4. The molecule has 150 valence electrons. The molecule has 0 bridgehead atoms. The summed E-state index contributed by atoms with van der Waals surface area (Å²) in [5.41, 5.74) is 4.17. The lowest BCUT2D eigenvalue weighted by atomic mass is 10.1. The van der Waals surface area contributed by atoms with Crippen molar-refractivity contribution in [3.8, 4) is 11.4 Å². The van der Waals surface area contributed by atoms with Crippen molar-refractivity contribution in [2.75, 3.05) is 31.2 Å². The lowest BCUT2D eigenvalue weighted by molar-refractivity contribution is 0.0907. The van der Waals surface area contributed by atoms with Crippen molar-refractivity contribution < 1.29 is 14.1 Å². The van der Waals surface area contributed by atoms with Crippen molar-refractivity contribution in [2.45, 2.75) is 20.4 Å². The standard InChI is InChI=1S/C21H23N5O3/c1-14-3-4-16(11-15(14)2)13-23-20(27)21-24-19(25-29-21)17-5-6-22-18(12-17)26-7-9-28-10-8-26/h3-6,11-12H,7-10,13H2,1-2H3,(H,23,27). The van der Waals surface area contributed by atoms with Crippen LogP contribution in [0.5, 0.6) is 0 Å². The Morgan fingerprint density at radius 2 is 1.97 bits per heavy atom. The number of amides is 1. The van der Waals surface area contributed by atoms with Gasteiger partial charge in [-0.25, -0.2) is 4.98 Å². The van der Waals surface area contributed by atoms with Crippen LogP contribution in [0.25, 0.3) is 11.4 Å². The number of carbonyl (C=O) groups is 1. The van der Waals surface area contributed by atoms with E-state index in [1.165, 1.54) is 11.1 Å². The number of anilines is 1. The second kappa shape index (κ2) is 8.40. The maximum absolute atomic E-state index is 12.4. The fourth-order valence-electron chi connectivity index (χ4n) is 3.13. The van der Waals surface area contributed by atoms with Gasteiger partial charge in [0, 0.05) is 31.4 Å². The minimum atomic E-state index is -0.399. The average Bonchev–Trinajstić information content (AvgIpc) is 3.26. The Kier molecular flexibility index (Phi) is 5.53. The van der Waals surface area contributed by atoms with E-state index in [-0.39, 0.29) is 5.89 Å². The highest BCUT2D eigenvalue weighted by molar-refractivity contribution is 5.89. The molecule has 0 aliphatic carbocycles. The smallest absolute Gasteiger partial charge is 0.316 e. The van der Waals surface area contributed by atoms with Gasteiger partial charge in [0.1, 0.15) is 5.82 Å². The summed E-state index contributed by atoms with van der Waals surface area (Å²) < 4.78 is 10.5. The average molecular weight is 393 g/mol. The fraction of sp³-hybridized carbons (Fsp3) is 0.333. The van der Waals surface area contributed by atoms with Crippen LogP contribution in [0.4, 0.5) is 5.82 Å². The van der Waals surface area contributed by atoms with Crippen molar-refractivity contribution in [1.82, 2.24) is 20.4 Å². The molecular formula is C21H23N5O3. The molecule has 4 rings (SSSR count). The van der Waals surface area contributed by atoms with E-state index in [2.05, 4.69) is 38.3 Å². The fourth-order valence-corrected chi connectivity index (χ4v) is 3.13. The zero-order valence-corrected chi connectivity index (χ0v) is 16.5. The molecule has 1 saturated heterocycles. The molecule has 1 aromatic carbocycles.